The number of benzene rings is 1. The first-order valence-corrected chi connectivity index (χ1v) is 4.69. The molecule has 0 amide bonds. The number of aromatic amines is 1. The Morgan fingerprint density at radius 1 is 1.40 bits per heavy atom. The van der Waals surface area contributed by atoms with Gasteiger partial charge >= 0.3 is 5.76 Å². The molecule has 0 unspecified atom stereocenters. The van der Waals surface area contributed by atoms with Gasteiger partial charge in [-0.05, 0) is 12.1 Å². The standard InChI is InChI=1S/C11H10FNO2/c1-2-9-10(13-11(14)15-9)7-5-3-4-6-8(7)12/h3-6H,2H2,1H3,(H,13,14). The van der Waals surface area contributed by atoms with E-state index >= 15 is 0 Å². The van der Waals surface area contributed by atoms with E-state index in [0.717, 1.165) is 0 Å². The normalized spacial score (nSPS) is 10.5. The van der Waals surface area contributed by atoms with E-state index in [2.05, 4.69) is 4.98 Å². The third kappa shape index (κ3) is 1.70. The fourth-order valence-electron chi connectivity index (χ4n) is 1.49. The summed E-state index contributed by atoms with van der Waals surface area (Å²) in [5.41, 5.74) is 0.792. The maximum atomic E-state index is 13.4. The molecule has 1 N–H and O–H groups in total. The van der Waals surface area contributed by atoms with Crippen molar-refractivity contribution in [2.45, 2.75) is 13.3 Å². The monoisotopic (exact) mass is 207 g/mol. The van der Waals surface area contributed by atoms with Crippen LogP contribution in [0.5, 0.6) is 0 Å². The zero-order valence-corrected chi connectivity index (χ0v) is 8.21. The summed E-state index contributed by atoms with van der Waals surface area (Å²) >= 11 is 0. The second-order valence-electron chi connectivity index (χ2n) is 3.15. The number of nitrogens with one attached hydrogen (secondary N) is 1. The van der Waals surface area contributed by atoms with Crippen molar-refractivity contribution in [3.05, 3.63) is 46.4 Å². The molecule has 0 aliphatic carbocycles. The Morgan fingerprint density at radius 2 is 2.13 bits per heavy atom. The Hall–Kier alpha value is -1.84. The molecule has 78 valence electrons. The number of aromatic nitrogens is 1. The van der Waals surface area contributed by atoms with Gasteiger partial charge in [-0.1, -0.05) is 19.1 Å². The highest BCUT2D eigenvalue weighted by atomic mass is 19.1. The number of aryl methyl sites for hydroxylation is 1. The average molecular weight is 207 g/mol. The van der Waals surface area contributed by atoms with Crippen molar-refractivity contribution >= 4 is 0 Å². The third-order valence-electron chi connectivity index (χ3n) is 2.19. The number of hydrogen-bond donors (Lipinski definition) is 1. The molecular weight excluding hydrogens is 197 g/mol. The molecule has 0 spiro atoms. The van der Waals surface area contributed by atoms with Crippen molar-refractivity contribution in [3.63, 3.8) is 0 Å². The van der Waals surface area contributed by atoms with Crippen molar-refractivity contribution in [1.29, 1.82) is 0 Å². The highest BCUT2D eigenvalue weighted by Crippen LogP contribution is 2.23. The van der Waals surface area contributed by atoms with Crippen LogP contribution < -0.4 is 5.76 Å². The summed E-state index contributed by atoms with van der Waals surface area (Å²) in [7, 11) is 0. The van der Waals surface area contributed by atoms with Gasteiger partial charge in [-0.3, -0.25) is 4.98 Å². The number of oxazole rings is 1. The lowest BCUT2D eigenvalue weighted by atomic mass is 10.1. The van der Waals surface area contributed by atoms with E-state index in [1.807, 2.05) is 6.92 Å². The molecule has 0 atom stereocenters. The Morgan fingerprint density at radius 3 is 2.80 bits per heavy atom. The van der Waals surface area contributed by atoms with Crippen molar-refractivity contribution in [3.8, 4) is 11.3 Å². The van der Waals surface area contributed by atoms with Crippen LogP contribution in [0.15, 0.2) is 33.5 Å². The van der Waals surface area contributed by atoms with E-state index in [0.29, 0.717) is 23.4 Å². The zero-order valence-electron chi connectivity index (χ0n) is 8.21. The lowest BCUT2D eigenvalue weighted by Gasteiger charge is -2.00. The van der Waals surface area contributed by atoms with E-state index in [-0.39, 0.29) is 5.82 Å². The summed E-state index contributed by atoms with van der Waals surface area (Å²) in [5, 5.41) is 0. The predicted molar refractivity (Wildman–Crippen MR) is 54.1 cm³/mol. The van der Waals surface area contributed by atoms with E-state index in [4.69, 9.17) is 4.42 Å². The quantitative estimate of drug-likeness (QED) is 0.821. The van der Waals surface area contributed by atoms with Crippen molar-refractivity contribution in [1.82, 2.24) is 4.98 Å². The molecule has 1 aromatic carbocycles. The summed E-state index contributed by atoms with van der Waals surface area (Å²) < 4.78 is 18.3. The summed E-state index contributed by atoms with van der Waals surface area (Å²) in [6, 6.07) is 6.27. The highest BCUT2D eigenvalue weighted by Gasteiger charge is 2.13. The average Bonchev–Trinajstić information content (AvgIpc) is 2.60. The van der Waals surface area contributed by atoms with E-state index in [1.54, 1.807) is 18.2 Å². The number of H-pyrrole nitrogens is 1. The molecule has 0 bridgehead atoms. The molecule has 15 heavy (non-hydrogen) atoms. The van der Waals surface area contributed by atoms with Crippen LogP contribution in [-0.2, 0) is 6.42 Å². The number of hydrogen-bond acceptors (Lipinski definition) is 2. The molecule has 4 heteroatoms. The Bertz CT molecular complexity index is 527. The molecule has 1 aromatic heterocycles. The van der Waals surface area contributed by atoms with Crippen LogP contribution in [0.1, 0.15) is 12.7 Å². The smallest absolute Gasteiger partial charge is 0.412 e. The lowest BCUT2D eigenvalue weighted by Crippen LogP contribution is -1.95. The van der Waals surface area contributed by atoms with Crippen LogP contribution in [-0.4, -0.2) is 4.98 Å². The molecule has 0 aliphatic rings. The van der Waals surface area contributed by atoms with Gasteiger partial charge in [0.2, 0.25) is 0 Å². The van der Waals surface area contributed by atoms with Crippen molar-refractivity contribution in [2.75, 3.05) is 0 Å². The molecule has 0 fully saturated rings. The van der Waals surface area contributed by atoms with Gasteiger partial charge in [0.25, 0.3) is 0 Å². The van der Waals surface area contributed by atoms with Crippen LogP contribution >= 0.6 is 0 Å². The third-order valence-corrected chi connectivity index (χ3v) is 2.19. The van der Waals surface area contributed by atoms with Gasteiger partial charge in [0, 0.05) is 12.0 Å². The predicted octanol–water partition coefficient (Wildman–Crippen LogP) is 2.34. The van der Waals surface area contributed by atoms with Crippen LogP contribution in [0.2, 0.25) is 0 Å². The van der Waals surface area contributed by atoms with Crippen LogP contribution in [0.4, 0.5) is 4.39 Å². The molecule has 3 nitrogen and oxygen atoms in total. The number of halogens is 1. The molecule has 0 aliphatic heterocycles. The van der Waals surface area contributed by atoms with E-state index in [1.165, 1.54) is 6.07 Å². The summed E-state index contributed by atoms with van der Waals surface area (Å²) in [4.78, 5) is 13.5. The molecule has 2 rings (SSSR count). The maximum Gasteiger partial charge on any atom is 0.416 e. The van der Waals surface area contributed by atoms with Gasteiger partial charge in [0.05, 0.1) is 5.69 Å². The lowest BCUT2D eigenvalue weighted by molar-refractivity contribution is 0.474. The second kappa shape index (κ2) is 3.73. The molecule has 0 saturated heterocycles. The summed E-state index contributed by atoms with van der Waals surface area (Å²) in [5.74, 6) is -0.445. The molecule has 0 radical (unpaired) electrons. The molecule has 2 aromatic rings. The zero-order chi connectivity index (χ0) is 10.8. The van der Waals surface area contributed by atoms with E-state index < -0.39 is 5.76 Å². The fourth-order valence-corrected chi connectivity index (χ4v) is 1.49. The second-order valence-corrected chi connectivity index (χ2v) is 3.15. The SMILES string of the molecule is CCc1oc(=O)[nH]c1-c1ccccc1F. The molecule has 1 heterocycles. The Balaban J connectivity index is 2.63. The summed E-state index contributed by atoms with van der Waals surface area (Å²) in [6.07, 6.45) is 0.544. The number of rotatable bonds is 2. The first-order chi connectivity index (χ1) is 7.22. The van der Waals surface area contributed by atoms with E-state index in [9.17, 15) is 9.18 Å². The van der Waals surface area contributed by atoms with Crippen molar-refractivity contribution < 1.29 is 8.81 Å². The van der Waals surface area contributed by atoms with Crippen LogP contribution in [0.3, 0.4) is 0 Å². The van der Waals surface area contributed by atoms with Gasteiger partial charge in [0.15, 0.2) is 0 Å². The molecular formula is C11H10FNO2. The van der Waals surface area contributed by atoms with Crippen LogP contribution in [0.25, 0.3) is 11.3 Å². The van der Waals surface area contributed by atoms with Crippen molar-refractivity contribution in [2.24, 2.45) is 0 Å². The minimum Gasteiger partial charge on any atom is -0.412 e. The first-order valence-electron chi connectivity index (χ1n) is 4.69. The highest BCUT2D eigenvalue weighted by molar-refractivity contribution is 5.61. The van der Waals surface area contributed by atoms with Gasteiger partial charge in [-0.15, -0.1) is 0 Å². The first kappa shape index (κ1) is 9.71. The minimum absolute atomic E-state index is 0.361. The maximum absolute atomic E-state index is 13.4. The fraction of sp³-hybridized carbons (Fsp3) is 0.182. The Labute approximate surface area is 85.6 Å². The van der Waals surface area contributed by atoms with Gasteiger partial charge in [0.1, 0.15) is 11.6 Å². The topological polar surface area (TPSA) is 46.0 Å². The largest absolute Gasteiger partial charge is 0.416 e. The van der Waals surface area contributed by atoms with Gasteiger partial charge < -0.3 is 4.42 Å². The van der Waals surface area contributed by atoms with Crippen LogP contribution in [0, 0.1) is 5.82 Å². The minimum atomic E-state index is -0.551. The summed E-state index contributed by atoms with van der Waals surface area (Å²) in [6.45, 7) is 1.84. The van der Waals surface area contributed by atoms with Gasteiger partial charge in [-0.2, -0.15) is 0 Å². The van der Waals surface area contributed by atoms with Gasteiger partial charge in [-0.25, -0.2) is 9.18 Å². The molecule has 0 saturated carbocycles. The Kier molecular flexibility index (Phi) is 2.41.